The van der Waals surface area contributed by atoms with Crippen molar-refractivity contribution in [1.82, 2.24) is 9.27 Å². The molecule has 0 unspecified atom stereocenters. The van der Waals surface area contributed by atoms with E-state index in [0.29, 0.717) is 4.21 Å². The highest BCUT2D eigenvalue weighted by molar-refractivity contribution is 8.00. The molecule has 1 aromatic heterocycles. The van der Waals surface area contributed by atoms with Crippen LogP contribution in [0.25, 0.3) is 4.85 Å². The van der Waals surface area contributed by atoms with Crippen molar-refractivity contribution >= 4 is 35.0 Å². The van der Waals surface area contributed by atoms with Crippen LogP contribution in [-0.2, 0) is 0 Å². The van der Waals surface area contributed by atoms with Crippen LogP contribution in [0.4, 0.5) is 10.5 Å². The molecule has 1 N–H and O–H groups in total. The molecule has 1 heterocycles. The van der Waals surface area contributed by atoms with E-state index in [0.717, 1.165) is 15.5 Å². The number of carbonyl (C=O) groups is 1. The van der Waals surface area contributed by atoms with Crippen molar-refractivity contribution < 1.29 is 4.79 Å². The highest BCUT2D eigenvalue weighted by Crippen LogP contribution is 2.29. The topological polar surface area (TPSA) is 55.5 Å². The van der Waals surface area contributed by atoms with Gasteiger partial charge in [-0.25, -0.2) is 9.64 Å². The minimum Gasteiger partial charge on any atom is -0.340 e. The molecule has 0 atom stereocenters. The van der Waals surface area contributed by atoms with Crippen LogP contribution in [0.5, 0.6) is 0 Å². The second-order valence-electron chi connectivity index (χ2n) is 2.20. The molecule has 1 aromatic rings. The Balaban J connectivity index is 3.37. The molecule has 0 aliphatic carbocycles. The summed E-state index contributed by atoms with van der Waals surface area (Å²) in [7, 11) is 1.44. The number of amides is 1. The second-order valence-corrected chi connectivity index (χ2v) is 4.23. The Labute approximate surface area is 88.7 Å². The van der Waals surface area contributed by atoms with Gasteiger partial charge < -0.3 is 5.32 Å². The molecule has 14 heavy (non-hydrogen) atoms. The number of rotatable bonds is 1. The molecule has 0 fully saturated rings. The van der Waals surface area contributed by atoms with Gasteiger partial charge in [0.1, 0.15) is 0 Å². The maximum atomic E-state index is 11.5. The predicted molar refractivity (Wildman–Crippen MR) is 56.5 cm³/mol. The van der Waals surface area contributed by atoms with Crippen molar-refractivity contribution in [3.63, 3.8) is 0 Å². The van der Waals surface area contributed by atoms with Gasteiger partial charge in [-0.15, -0.1) is 11.8 Å². The SMILES string of the molecule is [C-]#[N+]c1c(SC)sn(C(=O)NC)c1=O. The van der Waals surface area contributed by atoms with Gasteiger partial charge in [0, 0.05) is 7.05 Å². The zero-order chi connectivity index (χ0) is 10.7. The molecule has 0 radical (unpaired) electrons. The van der Waals surface area contributed by atoms with Crippen LogP contribution >= 0.6 is 23.3 Å². The molecule has 0 saturated heterocycles. The third-order valence-electron chi connectivity index (χ3n) is 1.45. The lowest BCUT2D eigenvalue weighted by Crippen LogP contribution is -2.29. The van der Waals surface area contributed by atoms with E-state index >= 15 is 0 Å². The Morgan fingerprint density at radius 1 is 1.71 bits per heavy atom. The van der Waals surface area contributed by atoms with Crippen LogP contribution in [-0.4, -0.2) is 23.3 Å². The first kappa shape index (κ1) is 10.8. The van der Waals surface area contributed by atoms with Gasteiger partial charge in [-0.05, 0) is 6.26 Å². The van der Waals surface area contributed by atoms with Crippen LogP contribution in [0, 0.1) is 6.57 Å². The van der Waals surface area contributed by atoms with Crippen LogP contribution < -0.4 is 10.9 Å². The van der Waals surface area contributed by atoms with Gasteiger partial charge in [-0.3, -0.25) is 4.79 Å². The van der Waals surface area contributed by atoms with E-state index < -0.39 is 11.6 Å². The third-order valence-corrected chi connectivity index (χ3v) is 3.61. The van der Waals surface area contributed by atoms with Gasteiger partial charge in [0.25, 0.3) is 11.2 Å². The predicted octanol–water partition coefficient (Wildman–Crippen LogP) is 1.37. The lowest BCUT2D eigenvalue weighted by atomic mass is 10.6. The number of carbonyl (C=O) groups excluding carboxylic acids is 1. The zero-order valence-electron chi connectivity index (χ0n) is 7.53. The van der Waals surface area contributed by atoms with Gasteiger partial charge in [-0.2, -0.15) is 3.96 Å². The summed E-state index contributed by atoms with van der Waals surface area (Å²) in [5.74, 6) is 0. The minimum atomic E-state index is -0.547. The van der Waals surface area contributed by atoms with E-state index in [9.17, 15) is 9.59 Å². The lowest BCUT2D eigenvalue weighted by Gasteiger charge is -1.95. The van der Waals surface area contributed by atoms with Crippen molar-refractivity contribution in [3.05, 3.63) is 21.8 Å². The molecule has 5 nitrogen and oxygen atoms in total. The smallest absolute Gasteiger partial charge is 0.336 e. The molecular weight excluding hydrogens is 222 g/mol. The standard InChI is InChI=1S/C7H7N3O2S2/c1-8-4-5(11)10(7(12)9-2)14-6(4)13-3/h2-3H3,(H,9,12). The molecule has 1 amide bonds. The molecule has 0 bridgehead atoms. The summed E-state index contributed by atoms with van der Waals surface area (Å²) in [4.78, 5) is 25.8. The van der Waals surface area contributed by atoms with Crippen LogP contribution in [0.3, 0.4) is 0 Å². The first-order valence-electron chi connectivity index (χ1n) is 3.55. The summed E-state index contributed by atoms with van der Waals surface area (Å²) in [6, 6.07) is -0.509. The average Bonchev–Trinajstić information content (AvgIpc) is 2.53. The van der Waals surface area contributed by atoms with E-state index in [4.69, 9.17) is 6.57 Å². The largest absolute Gasteiger partial charge is 0.340 e. The van der Waals surface area contributed by atoms with Gasteiger partial charge in [-0.1, -0.05) is 11.5 Å². The Bertz CT molecular complexity index is 454. The quantitative estimate of drug-likeness (QED) is 0.584. The maximum absolute atomic E-state index is 11.5. The third kappa shape index (κ3) is 1.66. The summed E-state index contributed by atoms with van der Waals surface area (Å²) in [5, 5.41) is 2.33. The monoisotopic (exact) mass is 229 g/mol. The number of hydrogen-bond acceptors (Lipinski definition) is 4. The van der Waals surface area contributed by atoms with Crippen LogP contribution in [0.2, 0.25) is 0 Å². The Hall–Kier alpha value is -1.26. The van der Waals surface area contributed by atoms with E-state index in [1.165, 1.54) is 18.8 Å². The summed E-state index contributed by atoms with van der Waals surface area (Å²) in [5.41, 5.74) is -0.528. The van der Waals surface area contributed by atoms with Gasteiger partial charge in [0.15, 0.2) is 0 Å². The molecule has 0 saturated carbocycles. The molecule has 0 aliphatic heterocycles. The molecule has 0 spiro atoms. The first-order valence-corrected chi connectivity index (χ1v) is 5.55. The molecule has 1 rings (SSSR count). The summed E-state index contributed by atoms with van der Waals surface area (Å²) < 4.78 is 1.51. The molecule has 74 valence electrons. The van der Waals surface area contributed by atoms with E-state index in [2.05, 4.69) is 10.2 Å². The normalized spacial score (nSPS) is 9.50. The van der Waals surface area contributed by atoms with Crippen molar-refractivity contribution in [3.8, 4) is 0 Å². The zero-order valence-corrected chi connectivity index (χ0v) is 9.16. The number of nitrogens with zero attached hydrogens (tertiary/aromatic N) is 2. The average molecular weight is 229 g/mol. The fourth-order valence-corrected chi connectivity index (χ4v) is 2.39. The van der Waals surface area contributed by atoms with Crippen molar-refractivity contribution in [2.45, 2.75) is 4.21 Å². The summed E-state index contributed by atoms with van der Waals surface area (Å²) >= 11 is 2.27. The first-order chi connectivity index (χ1) is 6.65. The second kappa shape index (κ2) is 4.30. The summed E-state index contributed by atoms with van der Waals surface area (Å²) in [6.07, 6.45) is 1.76. The maximum Gasteiger partial charge on any atom is 0.336 e. The molecular formula is C7H7N3O2S2. The van der Waals surface area contributed by atoms with Gasteiger partial charge in [0.05, 0.1) is 10.8 Å². The van der Waals surface area contributed by atoms with Crippen LogP contribution in [0.15, 0.2) is 9.00 Å². The highest BCUT2D eigenvalue weighted by atomic mass is 32.2. The Kier molecular flexibility index (Phi) is 3.33. The number of hydrogen-bond donors (Lipinski definition) is 1. The number of nitrogens with one attached hydrogen (secondary N) is 1. The van der Waals surface area contributed by atoms with Gasteiger partial charge >= 0.3 is 6.03 Å². The van der Waals surface area contributed by atoms with Crippen molar-refractivity contribution in [1.29, 1.82) is 0 Å². The van der Waals surface area contributed by atoms with Crippen LogP contribution in [0.1, 0.15) is 0 Å². The lowest BCUT2D eigenvalue weighted by molar-refractivity contribution is 0.246. The summed E-state index contributed by atoms with van der Waals surface area (Å²) in [6.45, 7) is 6.81. The highest BCUT2D eigenvalue weighted by Gasteiger charge is 2.17. The number of aromatic nitrogens is 1. The van der Waals surface area contributed by atoms with E-state index in [-0.39, 0.29) is 5.69 Å². The fourth-order valence-electron chi connectivity index (χ4n) is 0.814. The van der Waals surface area contributed by atoms with Crippen molar-refractivity contribution in [2.24, 2.45) is 0 Å². The number of thioether (sulfide) groups is 1. The Morgan fingerprint density at radius 2 is 2.36 bits per heavy atom. The van der Waals surface area contributed by atoms with Gasteiger partial charge in [0.2, 0.25) is 0 Å². The minimum absolute atomic E-state index is 0.0195. The molecule has 0 aromatic carbocycles. The van der Waals surface area contributed by atoms with E-state index in [1.54, 1.807) is 6.26 Å². The van der Waals surface area contributed by atoms with E-state index in [1.807, 2.05) is 0 Å². The fraction of sp³-hybridized carbons (Fsp3) is 0.286. The Morgan fingerprint density at radius 3 is 2.71 bits per heavy atom. The van der Waals surface area contributed by atoms with Crippen molar-refractivity contribution in [2.75, 3.05) is 13.3 Å². The molecule has 7 heteroatoms. The molecule has 0 aliphatic rings.